The Labute approximate surface area is 105 Å². The Kier molecular flexibility index (Phi) is 5.39. The molecule has 0 spiro atoms. The van der Waals surface area contributed by atoms with Gasteiger partial charge in [0.2, 0.25) is 0 Å². The lowest BCUT2D eigenvalue weighted by molar-refractivity contribution is -0.137. The third-order valence-corrected chi connectivity index (χ3v) is 2.05. The van der Waals surface area contributed by atoms with Crippen LogP contribution < -0.4 is 5.32 Å². The molecule has 0 aliphatic heterocycles. The van der Waals surface area contributed by atoms with E-state index in [0.29, 0.717) is 13.2 Å². The number of rotatable bonds is 5. The molecule has 0 aromatic heterocycles. The van der Waals surface area contributed by atoms with Crippen LogP contribution in [0, 0.1) is 17.1 Å². The van der Waals surface area contributed by atoms with Gasteiger partial charge in [-0.2, -0.15) is 5.26 Å². The van der Waals surface area contributed by atoms with E-state index in [1.807, 2.05) is 6.07 Å². The van der Waals surface area contributed by atoms with Crippen molar-refractivity contribution in [2.75, 3.05) is 18.5 Å². The van der Waals surface area contributed by atoms with Crippen LogP contribution in [0.5, 0.6) is 0 Å². The Morgan fingerprint density at radius 3 is 3.00 bits per heavy atom. The molecule has 4 nitrogen and oxygen atoms in total. The summed E-state index contributed by atoms with van der Waals surface area (Å²) in [4.78, 5) is 11.0. The lowest BCUT2D eigenvalue weighted by atomic mass is 10.2. The molecular weight excluding hydrogens is 235 g/mol. The molecule has 0 unspecified atom stereocenters. The highest BCUT2D eigenvalue weighted by molar-refractivity contribution is 5.81. The van der Waals surface area contributed by atoms with Crippen LogP contribution in [-0.2, 0) is 9.53 Å². The molecule has 0 fully saturated rings. The number of nitrogens with zero attached hydrogens (tertiary/aromatic N) is 1. The molecule has 0 saturated carbocycles. The number of halogens is 1. The van der Waals surface area contributed by atoms with E-state index < -0.39 is 11.8 Å². The Morgan fingerprint density at radius 1 is 1.61 bits per heavy atom. The van der Waals surface area contributed by atoms with Gasteiger partial charge in [0.1, 0.15) is 5.82 Å². The van der Waals surface area contributed by atoms with Crippen molar-refractivity contribution in [2.45, 2.75) is 6.92 Å². The summed E-state index contributed by atoms with van der Waals surface area (Å²) in [6.45, 7) is 2.33. The highest BCUT2D eigenvalue weighted by Gasteiger charge is 2.01. The molecule has 0 bridgehead atoms. The molecule has 5 heteroatoms. The topological polar surface area (TPSA) is 62.1 Å². The predicted octanol–water partition coefficient (Wildman–Crippen LogP) is 2.23. The Bertz CT molecular complexity index is 492. The van der Waals surface area contributed by atoms with E-state index in [1.54, 1.807) is 6.92 Å². The van der Waals surface area contributed by atoms with E-state index in [9.17, 15) is 9.18 Å². The van der Waals surface area contributed by atoms with Crippen LogP contribution in [-0.4, -0.2) is 19.1 Å². The Balaban J connectivity index is 2.50. The molecule has 0 saturated heterocycles. The lowest BCUT2D eigenvalue weighted by Crippen LogP contribution is -2.03. The highest BCUT2D eigenvalue weighted by atomic mass is 19.1. The number of nitriles is 1. The molecule has 1 aromatic carbocycles. The minimum absolute atomic E-state index is 0.264. The highest BCUT2D eigenvalue weighted by Crippen LogP contribution is 2.14. The summed E-state index contributed by atoms with van der Waals surface area (Å²) in [7, 11) is 0. The molecule has 0 amide bonds. The van der Waals surface area contributed by atoms with Crippen LogP contribution in [0.4, 0.5) is 10.1 Å². The normalized spacial score (nSPS) is 10.1. The fraction of sp³-hybridized carbons (Fsp3) is 0.231. The fourth-order valence-corrected chi connectivity index (χ4v) is 1.24. The molecule has 0 aliphatic rings. The maximum atomic E-state index is 13.4. The first-order valence-electron chi connectivity index (χ1n) is 5.44. The first kappa shape index (κ1) is 13.7. The molecule has 1 aromatic rings. The van der Waals surface area contributed by atoms with Gasteiger partial charge < -0.3 is 10.1 Å². The van der Waals surface area contributed by atoms with Crippen LogP contribution >= 0.6 is 0 Å². The van der Waals surface area contributed by atoms with Gasteiger partial charge in [-0.05, 0) is 25.1 Å². The molecule has 1 rings (SSSR count). The zero-order valence-electron chi connectivity index (χ0n) is 9.94. The molecule has 94 valence electrons. The number of nitrogens with one attached hydrogen (secondary N) is 1. The zero-order valence-corrected chi connectivity index (χ0v) is 9.94. The average Bonchev–Trinajstić information content (AvgIpc) is 2.36. The summed E-state index contributed by atoms with van der Waals surface area (Å²) in [5, 5.41) is 11.4. The zero-order chi connectivity index (χ0) is 13.4. The van der Waals surface area contributed by atoms with E-state index in [2.05, 4.69) is 10.1 Å². The van der Waals surface area contributed by atoms with E-state index in [0.717, 1.165) is 6.07 Å². The van der Waals surface area contributed by atoms with Gasteiger partial charge in [-0.1, -0.05) is 6.08 Å². The third-order valence-electron chi connectivity index (χ3n) is 2.05. The quantitative estimate of drug-likeness (QED) is 0.641. The van der Waals surface area contributed by atoms with Gasteiger partial charge in [0.05, 0.1) is 23.9 Å². The van der Waals surface area contributed by atoms with Crippen molar-refractivity contribution in [1.29, 1.82) is 5.26 Å². The number of carbonyl (C=O) groups excluding carboxylic acids is 1. The minimum Gasteiger partial charge on any atom is -0.463 e. The van der Waals surface area contributed by atoms with Crippen molar-refractivity contribution in [2.24, 2.45) is 0 Å². The number of hydrogen-bond acceptors (Lipinski definition) is 4. The van der Waals surface area contributed by atoms with Gasteiger partial charge >= 0.3 is 5.97 Å². The number of hydrogen-bond donors (Lipinski definition) is 1. The molecule has 0 aliphatic carbocycles. The van der Waals surface area contributed by atoms with Crippen molar-refractivity contribution in [1.82, 2.24) is 0 Å². The van der Waals surface area contributed by atoms with Gasteiger partial charge in [-0.15, -0.1) is 0 Å². The maximum Gasteiger partial charge on any atom is 0.330 e. The van der Waals surface area contributed by atoms with Crippen LogP contribution in [0.2, 0.25) is 0 Å². The second kappa shape index (κ2) is 7.07. The lowest BCUT2D eigenvalue weighted by Gasteiger charge is -2.04. The van der Waals surface area contributed by atoms with E-state index in [-0.39, 0.29) is 11.3 Å². The van der Waals surface area contributed by atoms with Crippen molar-refractivity contribution in [3.8, 4) is 6.07 Å². The van der Waals surface area contributed by atoms with E-state index in [1.165, 1.54) is 24.3 Å². The Morgan fingerprint density at radius 2 is 2.39 bits per heavy atom. The van der Waals surface area contributed by atoms with Gasteiger partial charge in [0, 0.05) is 12.6 Å². The SMILES string of the molecule is CCOC(=O)/C=C/CNc1ccc(C#N)cc1F. The van der Waals surface area contributed by atoms with Crippen LogP contribution in [0.25, 0.3) is 0 Å². The number of ether oxygens (including phenoxy) is 1. The molecule has 0 radical (unpaired) electrons. The number of anilines is 1. The van der Waals surface area contributed by atoms with E-state index >= 15 is 0 Å². The van der Waals surface area contributed by atoms with Gasteiger partial charge in [-0.3, -0.25) is 0 Å². The summed E-state index contributed by atoms with van der Waals surface area (Å²) in [6.07, 6.45) is 2.81. The fourth-order valence-electron chi connectivity index (χ4n) is 1.24. The molecule has 18 heavy (non-hydrogen) atoms. The smallest absolute Gasteiger partial charge is 0.330 e. The second-order valence-electron chi connectivity index (χ2n) is 3.34. The van der Waals surface area contributed by atoms with Crippen molar-refractivity contribution in [3.05, 3.63) is 41.7 Å². The van der Waals surface area contributed by atoms with Crippen LogP contribution in [0.3, 0.4) is 0 Å². The molecule has 0 atom stereocenters. The summed E-state index contributed by atoms with van der Waals surface area (Å²) >= 11 is 0. The average molecular weight is 248 g/mol. The monoisotopic (exact) mass is 248 g/mol. The number of benzene rings is 1. The van der Waals surface area contributed by atoms with E-state index in [4.69, 9.17) is 5.26 Å². The van der Waals surface area contributed by atoms with Gasteiger partial charge in [0.25, 0.3) is 0 Å². The van der Waals surface area contributed by atoms with Crippen molar-refractivity contribution < 1.29 is 13.9 Å². The first-order valence-corrected chi connectivity index (χ1v) is 5.44. The summed E-state index contributed by atoms with van der Waals surface area (Å²) in [5.41, 5.74) is 0.544. The standard InChI is InChI=1S/C13H13FN2O2/c1-2-18-13(17)4-3-7-16-12-6-5-10(9-15)8-11(12)14/h3-6,8,16H,2,7H2,1H3/b4-3+. The number of carbonyl (C=O) groups is 1. The molecule has 0 heterocycles. The first-order chi connectivity index (χ1) is 8.67. The summed E-state index contributed by atoms with van der Waals surface area (Å²) in [5.74, 6) is -0.932. The minimum atomic E-state index is -0.501. The summed E-state index contributed by atoms with van der Waals surface area (Å²) < 4.78 is 18.1. The number of esters is 1. The largest absolute Gasteiger partial charge is 0.463 e. The van der Waals surface area contributed by atoms with Crippen LogP contribution in [0.1, 0.15) is 12.5 Å². The second-order valence-corrected chi connectivity index (χ2v) is 3.34. The van der Waals surface area contributed by atoms with Crippen molar-refractivity contribution >= 4 is 11.7 Å². The molecule has 1 N–H and O–H groups in total. The van der Waals surface area contributed by atoms with Gasteiger partial charge in [-0.25, -0.2) is 9.18 Å². The van der Waals surface area contributed by atoms with Crippen molar-refractivity contribution in [3.63, 3.8) is 0 Å². The predicted molar refractivity (Wildman–Crippen MR) is 65.4 cm³/mol. The Hall–Kier alpha value is -2.35. The summed E-state index contributed by atoms with van der Waals surface area (Å²) in [6, 6.07) is 5.99. The van der Waals surface area contributed by atoms with Gasteiger partial charge in [0.15, 0.2) is 0 Å². The third kappa shape index (κ3) is 4.26. The van der Waals surface area contributed by atoms with Crippen LogP contribution in [0.15, 0.2) is 30.4 Å². The molecular formula is C13H13FN2O2. The maximum absolute atomic E-state index is 13.4.